The number of anilines is 3. The van der Waals surface area contributed by atoms with Gasteiger partial charge in [-0.2, -0.15) is 0 Å². The number of nitrogens with one attached hydrogen (secondary N) is 2. The van der Waals surface area contributed by atoms with E-state index in [0.29, 0.717) is 113 Å². The summed E-state index contributed by atoms with van der Waals surface area (Å²) in [6.07, 6.45) is 5.91. The number of hydrogen-bond acceptors (Lipinski definition) is 22. The van der Waals surface area contributed by atoms with Gasteiger partial charge >= 0.3 is 5.97 Å². The van der Waals surface area contributed by atoms with Gasteiger partial charge in [0.15, 0.2) is 51.9 Å². The van der Waals surface area contributed by atoms with E-state index in [0.717, 1.165) is 121 Å². The predicted octanol–water partition coefficient (Wildman–Crippen LogP) is 12.4. The van der Waals surface area contributed by atoms with E-state index in [4.69, 9.17) is 39.3 Å². The summed E-state index contributed by atoms with van der Waals surface area (Å²) >= 11 is 5.16. The fourth-order valence-electron chi connectivity index (χ4n) is 16.6. The molecule has 6 fully saturated rings. The van der Waals surface area contributed by atoms with Crippen molar-refractivity contribution in [3.8, 4) is 34.5 Å². The summed E-state index contributed by atoms with van der Waals surface area (Å²) < 4.78 is 79.7. The van der Waals surface area contributed by atoms with Gasteiger partial charge in [0.05, 0.1) is 35.9 Å². The summed E-state index contributed by atoms with van der Waals surface area (Å²) in [5.41, 5.74) is 10.7. The summed E-state index contributed by atoms with van der Waals surface area (Å²) in [6.45, 7) is 13.7. The monoisotopic (exact) mass is 1610 g/mol. The topological polar surface area (TPSA) is 257 Å². The van der Waals surface area contributed by atoms with Gasteiger partial charge in [-0.25, -0.2) is 13.2 Å². The van der Waals surface area contributed by atoms with Crippen LogP contribution in [0.5, 0.6) is 34.5 Å². The number of thiophene rings is 3. The Hall–Kier alpha value is -8.68. The lowest BCUT2D eigenvalue weighted by molar-refractivity contribution is -0.141. The minimum absolute atomic E-state index is 0. The van der Waals surface area contributed by atoms with Crippen LogP contribution in [0.15, 0.2) is 125 Å². The van der Waals surface area contributed by atoms with Crippen molar-refractivity contribution in [1.29, 1.82) is 0 Å². The Balaban J connectivity index is 0.000000130. The number of carbonyl (C=O) groups is 3. The quantitative estimate of drug-likeness (QED) is 0.0374. The zero-order valence-electron chi connectivity index (χ0n) is 62.6. The summed E-state index contributed by atoms with van der Waals surface area (Å²) in [7, 11) is 0. The number of nitrogens with two attached hydrogens (primary N) is 1. The molecule has 9 aromatic rings. The van der Waals surface area contributed by atoms with E-state index in [1.54, 1.807) is 52.2 Å². The van der Waals surface area contributed by atoms with E-state index in [-0.39, 0.29) is 54.2 Å². The van der Waals surface area contributed by atoms with Gasteiger partial charge in [-0.3, -0.25) is 14.4 Å². The van der Waals surface area contributed by atoms with Crippen molar-refractivity contribution in [2.45, 2.75) is 102 Å². The summed E-state index contributed by atoms with van der Waals surface area (Å²) in [5.74, 6) is -1.83. The van der Waals surface area contributed by atoms with Crippen LogP contribution in [0.2, 0.25) is 0 Å². The number of hydrogen-bond donors (Lipinski definition) is 7. The van der Waals surface area contributed by atoms with Crippen LogP contribution < -0.4 is 59.5 Å². The standard InChI is InChI=1S/2C28H32FN3O4S.C15H21FN2O3.C13H13NO2S.CH4/c2*29-22-13-20(14-24-27(22)36-11-10-35-24)26(33)23(17-31-7-1-2-8-31)30-28(34)19-5-9-32(16-19)21-4-3-18-6-12-37-25(18)15-21;16-11-7-10(8-13-15(11)21-6-5-20-13)14(19)12(17)9-18-3-1-2-4-18;15-13(16)10-3-5-14(8-10)11-2-1-9-4-6-17-12(9)7-11;/h2*3-4,6,12-15,19,23,26,33H,1-2,5,7-11,16-17H2,(H,30,34);7-8,12,14,19H,1-6,9,17H2;1-2,4,6-7,10H,3,5,8H2,(H,15,16);1H4/t19-,23+,26+;19-,23-,26-;12-,14-;;/m011../s1. The Bertz CT molecular complexity index is 4550. The van der Waals surface area contributed by atoms with Gasteiger partial charge in [0.25, 0.3) is 0 Å². The number of aliphatic hydroxyl groups is 3. The van der Waals surface area contributed by atoms with Crippen molar-refractivity contribution < 1.29 is 76.4 Å². The maximum absolute atomic E-state index is 14.7. The Morgan fingerprint density at radius 2 is 0.743 bits per heavy atom. The molecule has 9 aliphatic heterocycles. The molecule has 28 heteroatoms. The number of carboxylic acids is 1. The molecular formula is C85H102F3N9O13S3. The van der Waals surface area contributed by atoms with E-state index < -0.39 is 59.9 Å². The molecule has 18 rings (SSSR count). The molecule has 9 aliphatic rings. The summed E-state index contributed by atoms with van der Waals surface area (Å²) in [5, 5.41) is 58.3. The second kappa shape index (κ2) is 37.3. The van der Waals surface area contributed by atoms with Gasteiger partial charge < -0.3 is 94.6 Å². The van der Waals surface area contributed by atoms with E-state index >= 15 is 0 Å². The van der Waals surface area contributed by atoms with Crippen LogP contribution >= 0.6 is 34.0 Å². The van der Waals surface area contributed by atoms with Crippen LogP contribution in [0.25, 0.3) is 30.3 Å². The molecule has 1 unspecified atom stereocenters. The smallest absolute Gasteiger partial charge is 0.308 e. The number of fused-ring (bicyclic) bond motifs is 6. The molecule has 0 radical (unpaired) electrons. The van der Waals surface area contributed by atoms with Gasteiger partial charge in [-0.1, -0.05) is 25.6 Å². The Kier molecular flexibility index (Phi) is 26.7. The lowest BCUT2D eigenvalue weighted by atomic mass is 9.99. The number of aliphatic carboxylic acids is 1. The maximum atomic E-state index is 14.7. The third-order valence-corrected chi connectivity index (χ3v) is 25.4. The Morgan fingerprint density at radius 1 is 0.425 bits per heavy atom. The number of aliphatic hydroxyl groups excluding tert-OH is 3. The number of halogens is 3. The maximum Gasteiger partial charge on any atom is 0.308 e. The molecule has 2 amide bonds. The van der Waals surface area contributed by atoms with E-state index in [2.05, 4.69) is 129 Å². The highest BCUT2D eigenvalue weighted by Gasteiger charge is 2.38. The minimum Gasteiger partial charge on any atom is -0.486 e. The molecule has 8 N–H and O–H groups in total. The largest absolute Gasteiger partial charge is 0.486 e. The van der Waals surface area contributed by atoms with Crippen molar-refractivity contribution in [2.75, 3.05) is 153 Å². The van der Waals surface area contributed by atoms with Crippen LogP contribution in [0.4, 0.5) is 30.2 Å². The van der Waals surface area contributed by atoms with Gasteiger partial charge in [-0.15, -0.1) is 34.0 Å². The first-order chi connectivity index (χ1) is 54.5. The molecule has 9 atom stereocenters. The van der Waals surface area contributed by atoms with E-state index in [9.17, 15) is 42.9 Å². The van der Waals surface area contributed by atoms with Crippen molar-refractivity contribution in [3.63, 3.8) is 0 Å². The van der Waals surface area contributed by atoms with E-state index in [1.807, 2.05) is 0 Å². The van der Waals surface area contributed by atoms with Gasteiger partial charge in [0.2, 0.25) is 11.8 Å². The molecule has 0 saturated carbocycles. The summed E-state index contributed by atoms with van der Waals surface area (Å²) in [6, 6.07) is 32.7. The van der Waals surface area contributed by atoms with Crippen LogP contribution in [0.1, 0.15) is 100 Å². The molecule has 113 heavy (non-hydrogen) atoms. The molecule has 604 valence electrons. The van der Waals surface area contributed by atoms with Gasteiger partial charge in [0, 0.05) is 96.1 Å². The number of ether oxygens (including phenoxy) is 6. The van der Waals surface area contributed by atoms with E-state index in [1.165, 1.54) is 61.3 Å². The molecule has 0 spiro atoms. The fraction of sp³-hybridized carbons (Fsp3) is 0.471. The number of nitrogens with zero attached hydrogens (tertiary/aromatic N) is 6. The Morgan fingerprint density at radius 3 is 1.09 bits per heavy atom. The predicted molar refractivity (Wildman–Crippen MR) is 437 cm³/mol. The second-order valence-corrected chi connectivity index (χ2v) is 33.2. The highest BCUT2D eigenvalue weighted by Crippen LogP contribution is 2.42. The van der Waals surface area contributed by atoms with Crippen LogP contribution in [0.3, 0.4) is 0 Å². The van der Waals surface area contributed by atoms with Crippen LogP contribution in [0, 0.1) is 35.2 Å². The number of likely N-dealkylation sites (tertiary alicyclic amines) is 3. The first-order valence-electron chi connectivity index (χ1n) is 39.2. The lowest BCUT2D eigenvalue weighted by Gasteiger charge is -2.30. The first kappa shape index (κ1) is 80.9. The molecule has 6 saturated heterocycles. The minimum atomic E-state index is -1.08. The van der Waals surface area contributed by atoms with Crippen LogP contribution in [-0.4, -0.2) is 209 Å². The number of rotatable bonds is 20. The zero-order chi connectivity index (χ0) is 77.4. The first-order valence-corrected chi connectivity index (χ1v) is 41.9. The lowest BCUT2D eigenvalue weighted by Crippen LogP contribution is -2.48. The number of carboxylic acid groups (broad SMARTS) is 1. The third kappa shape index (κ3) is 19.5. The van der Waals surface area contributed by atoms with Crippen molar-refractivity contribution >= 4 is 99.1 Å². The molecular weight excluding hydrogens is 1510 g/mol. The highest BCUT2D eigenvalue weighted by molar-refractivity contribution is 7.17. The third-order valence-electron chi connectivity index (χ3n) is 22.8. The molecule has 3 aromatic heterocycles. The summed E-state index contributed by atoms with van der Waals surface area (Å²) in [4.78, 5) is 51.2. The van der Waals surface area contributed by atoms with Crippen LogP contribution in [-0.2, 0) is 14.4 Å². The fourth-order valence-corrected chi connectivity index (χ4v) is 19.0. The van der Waals surface area contributed by atoms with Crippen molar-refractivity contribution in [2.24, 2.45) is 23.5 Å². The van der Waals surface area contributed by atoms with Gasteiger partial charge in [0.1, 0.15) is 51.8 Å². The SMILES string of the molecule is C.N[C@H](CN1CCCC1)[C@H](O)c1cc(F)c2c(c1)OCCO2.O=C(N[C@H](CN1CCCC1)[C@H](O)c1cc(F)c2c(c1)OCCO2)[C@@H]1CCN(c2ccc3ccsc3c2)C1.O=C(N[C@H](CN1CCCC1)[C@H](O)c1cc(F)c2c(c1)OCCO2)[C@H]1CCN(c2ccc3ccsc3c2)C1.O=C(O)C1CCN(c2ccc3ccsc3c2)C1. The number of amides is 2. The number of benzene rings is 6. The average Bonchev–Trinajstić information content (AvgIpc) is 1.65. The average molecular weight is 1610 g/mol. The van der Waals surface area contributed by atoms with Crippen molar-refractivity contribution in [1.82, 2.24) is 25.3 Å². The molecule has 22 nitrogen and oxygen atoms in total. The second-order valence-electron chi connectivity index (χ2n) is 30.4. The van der Waals surface area contributed by atoms with Crippen molar-refractivity contribution in [3.05, 3.63) is 159 Å². The molecule has 6 aromatic carbocycles. The van der Waals surface area contributed by atoms with Gasteiger partial charge in [-0.05, 0) is 237 Å². The Labute approximate surface area is 668 Å². The normalized spacial score (nSPS) is 20.9. The molecule has 0 bridgehead atoms. The highest BCUT2D eigenvalue weighted by atomic mass is 32.1. The molecule has 12 heterocycles. The molecule has 0 aliphatic carbocycles. The number of carbonyl (C=O) groups excluding carboxylic acids is 2. The zero-order valence-corrected chi connectivity index (χ0v) is 65.1.